The second-order valence-corrected chi connectivity index (χ2v) is 5.83. The molecule has 0 saturated heterocycles. The number of imidazole rings is 1. The predicted molar refractivity (Wildman–Crippen MR) is 84.3 cm³/mol. The summed E-state index contributed by atoms with van der Waals surface area (Å²) >= 11 is 0. The van der Waals surface area contributed by atoms with Gasteiger partial charge in [0.15, 0.2) is 0 Å². The van der Waals surface area contributed by atoms with Gasteiger partial charge in [-0.2, -0.15) is 0 Å². The smallest absolute Gasteiger partial charge is 0.107 e. The van der Waals surface area contributed by atoms with Gasteiger partial charge < -0.3 is 4.57 Å². The van der Waals surface area contributed by atoms with E-state index in [0.29, 0.717) is 6.54 Å². The van der Waals surface area contributed by atoms with E-state index in [9.17, 15) is 0 Å². The van der Waals surface area contributed by atoms with Gasteiger partial charge in [-0.1, -0.05) is 11.3 Å². The van der Waals surface area contributed by atoms with Crippen LogP contribution in [0.4, 0.5) is 0 Å². The first-order valence-corrected chi connectivity index (χ1v) is 7.88. The van der Waals surface area contributed by atoms with Gasteiger partial charge in [0, 0.05) is 44.8 Å². The Hall–Kier alpha value is -2.54. The molecule has 7 nitrogen and oxygen atoms in total. The number of hydrogen-bond acceptors (Lipinski definition) is 5. The van der Waals surface area contributed by atoms with Gasteiger partial charge >= 0.3 is 0 Å². The second-order valence-electron chi connectivity index (χ2n) is 5.83. The zero-order valence-electron chi connectivity index (χ0n) is 12.9. The SMILES string of the molecule is c1ccc(CN2CCCn3nnc(Cn4ccnc4)c3C2)nc1. The summed E-state index contributed by atoms with van der Waals surface area (Å²) in [6.07, 6.45) is 8.48. The van der Waals surface area contributed by atoms with Gasteiger partial charge in [0.1, 0.15) is 5.69 Å². The third-order valence-corrected chi connectivity index (χ3v) is 4.14. The zero-order valence-corrected chi connectivity index (χ0v) is 12.9. The number of nitrogens with zero attached hydrogens (tertiary/aromatic N) is 7. The highest BCUT2D eigenvalue weighted by Gasteiger charge is 2.20. The summed E-state index contributed by atoms with van der Waals surface area (Å²) in [5.41, 5.74) is 3.33. The number of aromatic nitrogens is 6. The molecule has 0 aromatic carbocycles. The van der Waals surface area contributed by atoms with Crippen LogP contribution in [-0.2, 0) is 26.2 Å². The highest BCUT2D eigenvalue weighted by atomic mass is 15.4. The summed E-state index contributed by atoms with van der Waals surface area (Å²) in [7, 11) is 0. The maximum absolute atomic E-state index is 4.44. The highest BCUT2D eigenvalue weighted by Crippen LogP contribution is 2.17. The molecule has 3 aromatic heterocycles. The Bertz CT molecular complexity index is 748. The van der Waals surface area contributed by atoms with Crippen LogP contribution in [0, 0.1) is 0 Å². The summed E-state index contributed by atoms with van der Waals surface area (Å²) in [6, 6.07) is 6.07. The summed E-state index contributed by atoms with van der Waals surface area (Å²) in [4.78, 5) is 11.0. The van der Waals surface area contributed by atoms with E-state index in [1.165, 1.54) is 5.69 Å². The quantitative estimate of drug-likeness (QED) is 0.727. The van der Waals surface area contributed by atoms with Crippen LogP contribution >= 0.6 is 0 Å². The minimum absolute atomic E-state index is 0.715. The van der Waals surface area contributed by atoms with Gasteiger partial charge in [0.25, 0.3) is 0 Å². The Morgan fingerprint density at radius 3 is 2.91 bits per heavy atom. The number of rotatable bonds is 4. The maximum atomic E-state index is 4.44. The van der Waals surface area contributed by atoms with E-state index in [1.54, 1.807) is 6.20 Å². The van der Waals surface area contributed by atoms with E-state index in [-0.39, 0.29) is 0 Å². The average Bonchev–Trinajstić information content (AvgIpc) is 3.16. The van der Waals surface area contributed by atoms with E-state index in [0.717, 1.165) is 44.0 Å². The van der Waals surface area contributed by atoms with Gasteiger partial charge in [-0.05, 0) is 18.6 Å². The fraction of sp³-hybridized carbons (Fsp3) is 0.375. The summed E-state index contributed by atoms with van der Waals surface area (Å²) < 4.78 is 4.07. The van der Waals surface area contributed by atoms with Gasteiger partial charge in [0.05, 0.1) is 24.3 Å². The molecule has 0 aliphatic carbocycles. The molecule has 4 heterocycles. The second kappa shape index (κ2) is 6.29. The van der Waals surface area contributed by atoms with Crippen LogP contribution in [0.1, 0.15) is 23.5 Å². The largest absolute Gasteiger partial charge is 0.331 e. The molecule has 0 radical (unpaired) electrons. The lowest BCUT2D eigenvalue weighted by atomic mass is 10.2. The first-order valence-electron chi connectivity index (χ1n) is 7.88. The third kappa shape index (κ3) is 3.14. The van der Waals surface area contributed by atoms with E-state index in [4.69, 9.17) is 0 Å². The minimum atomic E-state index is 0.715. The van der Waals surface area contributed by atoms with Gasteiger partial charge in [-0.25, -0.2) is 9.67 Å². The Labute approximate surface area is 134 Å². The Morgan fingerprint density at radius 2 is 2.09 bits per heavy atom. The van der Waals surface area contributed by atoms with E-state index >= 15 is 0 Å². The van der Waals surface area contributed by atoms with Gasteiger partial charge in [0.2, 0.25) is 0 Å². The number of pyridine rings is 1. The van der Waals surface area contributed by atoms with Crippen molar-refractivity contribution in [3.05, 3.63) is 60.2 Å². The predicted octanol–water partition coefficient (Wildman–Crippen LogP) is 1.32. The minimum Gasteiger partial charge on any atom is -0.331 e. The van der Waals surface area contributed by atoms with Crippen molar-refractivity contribution in [3.8, 4) is 0 Å². The molecule has 4 rings (SSSR count). The van der Waals surface area contributed by atoms with Crippen LogP contribution in [0.5, 0.6) is 0 Å². The molecule has 0 atom stereocenters. The van der Waals surface area contributed by atoms with Crippen LogP contribution < -0.4 is 0 Å². The molecular weight excluding hydrogens is 290 g/mol. The lowest BCUT2D eigenvalue weighted by Gasteiger charge is -2.19. The van der Waals surface area contributed by atoms with Crippen LogP contribution in [0.2, 0.25) is 0 Å². The number of aryl methyl sites for hydroxylation is 1. The molecule has 118 valence electrons. The molecule has 1 aliphatic heterocycles. The lowest BCUT2D eigenvalue weighted by molar-refractivity contribution is 0.257. The van der Waals surface area contributed by atoms with Crippen molar-refractivity contribution in [3.63, 3.8) is 0 Å². The van der Waals surface area contributed by atoms with Crippen molar-refractivity contribution in [1.82, 2.24) is 34.4 Å². The molecule has 0 fully saturated rings. The molecule has 0 saturated carbocycles. The summed E-state index contributed by atoms with van der Waals surface area (Å²) in [5.74, 6) is 0. The highest BCUT2D eigenvalue weighted by molar-refractivity contribution is 5.12. The normalized spacial score (nSPS) is 15.3. The Morgan fingerprint density at radius 1 is 1.09 bits per heavy atom. The van der Waals surface area contributed by atoms with E-state index in [2.05, 4.69) is 31.2 Å². The number of hydrogen-bond donors (Lipinski definition) is 0. The average molecular weight is 309 g/mol. The van der Waals surface area contributed by atoms with Crippen LogP contribution in [0.3, 0.4) is 0 Å². The van der Waals surface area contributed by atoms with E-state index in [1.807, 2.05) is 40.1 Å². The number of fused-ring (bicyclic) bond motifs is 1. The first kappa shape index (κ1) is 14.1. The van der Waals surface area contributed by atoms with Gasteiger partial charge in [-0.3, -0.25) is 9.88 Å². The maximum Gasteiger partial charge on any atom is 0.107 e. The van der Waals surface area contributed by atoms with Crippen LogP contribution in [-0.4, -0.2) is 41.0 Å². The molecule has 0 amide bonds. The summed E-state index contributed by atoms with van der Waals surface area (Å²) in [5, 5.41) is 8.71. The topological polar surface area (TPSA) is 64.7 Å². The fourth-order valence-electron chi connectivity index (χ4n) is 2.99. The van der Waals surface area contributed by atoms with Crippen molar-refractivity contribution in [2.75, 3.05) is 6.54 Å². The lowest BCUT2D eigenvalue weighted by Crippen LogP contribution is -2.24. The molecule has 0 unspecified atom stereocenters. The molecule has 0 spiro atoms. The fourth-order valence-corrected chi connectivity index (χ4v) is 2.99. The third-order valence-electron chi connectivity index (χ3n) is 4.14. The van der Waals surface area contributed by atoms with Crippen molar-refractivity contribution < 1.29 is 0 Å². The first-order chi connectivity index (χ1) is 11.4. The molecule has 0 N–H and O–H groups in total. The molecule has 1 aliphatic rings. The monoisotopic (exact) mass is 309 g/mol. The van der Waals surface area contributed by atoms with Crippen molar-refractivity contribution in [2.45, 2.75) is 32.6 Å². The molecule has 23 heavy (non-hydrogen) atoms. The zero-order chi connectivity index (χ0) is 15.5. The summed E-state index contributed by atoms with van der Waals surface area (Å²) in [6.45, 7) is 4.40. The van der Waals surface area contributed by atoms with Gasteiger partial charge in [-0.15, -0.1) is 5.10 Å². The molecule has 3 aromatic rings. The van der Waals surface area contributed by atoms with E-state index < -0.39 is 0 Å². The molecule has 7 heteroatoms. The van der Waals surface area contributed by atoms with Crippen molar-refractivity contribution >= 4 is 0 Å². The van der Waals surface area contributed by atoms with Crippen molar-refractivity contribution in [1.29, 1.82) is 0 Å². The van der Waals surface area contributed by atoms with Crippen LogP contribution in [0.25, 0.3) is 0 Å². The Balaban J connectivity index is 1.54. The standard InChI is InChI=1S/C16H19N7/c1-2-5-18-14(4-1)10-21-7-3-8-23-16(12-21)15(19-20-23)11-22-9-6-17-13-22/h1-2,4-6,9,13H,3,7-8,10-12H2. The van der Waals surface area contributed by atoms with Crippen molar-refractivity contribution in [2.24, 2.45) is 0 Å². The molecule has 0 bridgehead atoms. The molecular formula is C16H19N7. The van der Waals surface area contributed by atoms with Crippen LogP contribution in [0.15, 0.2) is 43.1 Å². The Kier molecular flexibility index (Phi) is 3.85.